The van der Waals surface area contributed by atoms with Crippen molar-refractivity contribution in [1.82, 2.24) is 0 Å². The second-order valence-electron chi connectivity index (χ2n) is 4.05. The van der Waals surface area contributed by atoms with Gasteiger partial charge < -0.3 is 11.5 Å². The van der Waals surface area contributed by atoms with Crippen LogP contribution in [0.5, 0.6) is 0 Å². The number of unbranched alkanes of at least 4 members (excludes halogenated alkanes) is 7. The fourth-order valence-corrected chi connectivity index (χ4v) is 1.28. The quantitative estimate of drug-likeness (QED) is 0.580. The molecule has 2 nitrogen and oxygen atoms in total. The molecule has 0 aromatic carbocycles. The van der Waals surface area contributed by atoms with E-state index in [2.05, 4.69) is 13.8 Å². The molecule has 94 valence electrons. The smallest absolute Gasteiger partial charge is 0.00773 e. The van der Waals surface area contributed by atoms with Gasteiger partial charge in [0, 0.05) is 0 Å². The lowest BCUT2D eigenvalue weighted by atomic mass is 10.1. The molecule has 0 bridgehead atoms. The molecule has 0 spiro atoms. The average molecular weight is 216 g/mol. The Hall–Kier alpha value is -0.0800. The van der Waals surface area contributed by atoms with Gasteiger partial charge in [-0.1, -0.05) is 58.8 Å². The Morgan fingerprint density at radius 3 is 1.27 bits per heavy atom. The summed E-state index contributed by atoms with van der Waals surface area (Å²) >= 11 is 0. The van der Waals surface area contributed by atoms with Crippen LogP contribution < -0.4 is 11.5 Å². The van der Waals surface area contributed by atoms with Gasteiger partial charge >= 0.3 is 0 Å². The molecule has 0 fully saturated rings. The summed E-state index contributed by atoms with van der Waals surface area (Å²) < 4.78 is 0. The van der Waals surface area contributed by atoms with Gasteiger partial charge in [0.05, 0.1) is 0 Å². The monoisotopic (exact) mass is 216 g/mol. The van der Waals surface area contributed by atoms with Crippen molar-refractivity contribution in [3.8, 4) is 0 Å². The summed E-state index contributed by atoms with van der Waals surface area (Å²) in [7, 11) is 0. The van der Waals surface area contributed by atoms with Crippen LogP contribution in [0.4, 0.5) is 0 Å². The van der Waals surface area contributed by atoms with E-state index in [4.69, 9.17) is 11.5 Å². The highest BCUT2D eigenvalue weighted by Crippen LogP contribution is 2.07. The zero-order valence-electron chi connectivity index (χ0n) is 10.9. The van der Waals surface area contributed by atoms with Crippen molar-refractivity contribution in [3.05, 3.63) is 0 Å². The molecular weight excluding hydrogens is 184 g/mol. The summed E-state index contributed by atoms with van der Waals surface area (Å²) in [6.07, 6.45) is 12.1. The highest BCUT2D eigenvalue weighted by atomic mass is 14.5. The third-order valence-corrected chi connectivity index (χ3v) is 2.35. The Kier molecular flexibility index (Phi) is 22.5. The third-order valence-electron chi connectivity index (χ3n) is 2.35. The SMILES string of the molecule is CCCCCCCCCCN.CCCN. The summed E-state index contributed by atoms with van der Waals surface area (Å²) in [4.78, 5) is 0. The number of hydrogen-bond acceptors (Lipinski definition) is 2. The van der Waals surface area contributed by atoms with Crippen LogP contribution >= 0.6 is 0 Å². The van der Waals surface area contributed by atoms with Gasteiger partial charge in [0.2, 0.25) is 0 Å². The maximum absolute atomic E-state index is 5.39. The van der Waals surface area contributed by atoms with Crippen LogP contribution in [0.1, 0.15) is 71.6 Å². The summed E-state index contributed by atoms with van der Waals surface area (Å²) in [6, 6.07) is 0. The largest absolute Gasteiger partial charge is 0.330 e. The van der Waals surface area contributed by atoms with Gasteiger partial charge in [-0.25, -0.2) is 0 Å². The maximum Gasteiger partial charge on any atom is -0.00773 e. The van der Waals surface area contributed by atoms with E-state index in [1.54, 1.807) is 0 Å². The molecule has 0 atom stereocenters. The Morgan fingerprint density at radius 2 is 0.933 bits per heavy atom. The molecule has 0 aromatic rings. The summed E-state index contributed by atoms with van der Waals surface area (Å²) in [5, 5.41) is 0. The Bertz CT molecular complexity index is 74.6. The highest BCUT2D eigenvalue weighted by Gasteiger charge is 1.89. The Balaban J connectivity index is 0. The first kappa shape index (κ1) is 17.3. The van der Waals surface area contributed by atoms with Gasteiger partial charge in [-0.2, -0.15) is 0 Å². The molecule has 0 saturated carbocycles. The molecule has 0 aliphatic carbocycles. The lowest BCUT2D eigenvalue weighted by Gasteiger charge is -1.99. The van der Waals surface area contributed by atoms with E-state index < -0.39 is 0 Å². The normalized spacial score (nSPS) is 9.60. The standard InChI is InChI=1S/C10H23N.C3H9N/c1-2-3-4-5-6-7-8-9-10-11;1-2-3-4/h2-11H2,1H3;2-4H2,1H3. The molecule has 0 unspecified atom stereocenters. The van der Waals surface area contributed by atoms with Crippen LogP contribution in [-0.2, 0) is 0 Å². The minimum Gasteiger partial charge on any atom is -0.330 e. The van der Waals surface area contributed by atoms with E-state index in [0.717, 1.165) is 19.5 Å². The molecule has 4 N–H and O–H groups in total. The molecule has 0 aliphatic rings. The third kappa shape index (κ3) is 24.9. The van der Waals surface area contributed by atoms with Gasteiger partial charge in [0.1, 0.15) is 0 Å². The fraction of sp³-hybridized carbons (Fsp3) is 1.00. The fourth-order valence-electron chi connectivity index (χ4n) is 1.28. The van der Waals surface area contributed by atoms with Gasteiger partial charge in [0.25, 0.3) is 0 Å². The Morgan fingerprint density at radius 1 is 0.533 bits per heavy atom. The van der Waals surface area contributed by atoms with Gasteiger partial charge in [0.15, 0.2) is 0 Å². The van der Waals surface area contributed by atoms with Crippen molar-refractivity contribution < 1.29 is 0 Å². The first-order chi connectivity index (χ1) is 7.33. The molecule has 0 amide bonds. The van der Waals surface area contributed by atoms with E-state index in [1.165, 1.54) is 51.4 Å². The second kappa shape index (κ2) is 19.5. The maximum atomic E-state index is 5.39. The molecule has 0 radical (unpaired) electrons. The predicted octanol–water partition coefficient (Wildman–Crippen LogP) is 3.44. The van der Waals surface area contributed by atoms with Crippen molar-refractivity contribution in [2.75, 3.05) is 13.1 Å². The van der Waals surface area contributed by atoms with E-state index >= 15 is 0 Å². The first-order valence-corrected chi connectivity index (χ1v) is 6.73. The molecule has 0 aromatic heterocycles. The highest BCUT2D eigenvalue weighted by molar-refractivity contribution is 4.45. The lowest BCUT2D eigenvalue weighted by molar-refractivity contribution is 0.578. The first-order valence-electron chi connectivity index (χ1n) is 6.73. The molecular formula is C13H32N2. The minimum absolute atomic E-state index is 0.819. The van der Waals surface area contributed by atoms with Crippen LogP contribution in [0.3, 0.4) is 0 Å². The average Bonchev–Trinajstić information content (AvgIpc) is 2.28. The van der Waals surface area contributed by atoms with E-state index in [-0.39, 0.29) is 0 Å². The van der Waals surface area contributed by atoms with Crippen molar-refractivity contribution in [3.63, 3.8) is 0 Å². The predicted molar refractivity (Wildman–Crippen MR) is 71.0 cm³/mol. The van der Waals surface area contributed by atoms with Gasteiger partial charge in [-0.15, -0.1) is 0 Å². The summed E-state index contributed by atoms with van der Waals surface area (Å²) in [5.74, 6) is 0. The topological polar surface area (TPSA) is 52.0 Å². The summed E-state index contributed by atoms with van der Waals surface area (Å²) in [6.45, 7) is 6.00. The number of hydrogen-bond donors (Lipinski definition) is 2. The van der Waals surface area contributed by atoms with Gasteiger partial charge in [-0.05, 0) is 25.9 Å². The Labute approximate surface area is 96.8 Å². The zero-order chi connectivity index (χ0) is 11.8. The molecule has 0 saturated heterocycles. The molecule has 2 heteroatoms. The lowest BCUT2D eigenvalue weighted by Crippen LogP contribution is -1.97. The second-order valence-corrected chi connectivity index (χ2v) is 4.05. The molecule has 15 heavy (non-hydrogen) atoms. The van der Waals surface area contributed by atoms with E-state index in [9.17, 15) is 0 Å². The minimum atomic E-state index is 0.819. The van der Waals surface area contributed by atoms with E-state index in [1.807, 2.05) is 0 Å². The van der Waals surface area contributed by atoms with Crippen molar-refractivity contribution >= 4 is 0 Å². The molecule has 0 rings (SSSR count). The van der Waals surface area contributed by atoms with Crippen molar-refractivity contribution in [2.45, 2.75) is 71.6 Å². The van der Waals surface area contributed by atoms with Crippen LogP contribution in [0.15, 0.2) is 0 Å². The van der Waals surface area contributed by atoms with Crippen LogP contribution in [-0.4, -0.2) is 13.1 Å². The van der Waals surface area contributed by atoms with Crippen molar-refractivity contribution in [1.29, 1.82) is 0 Å². The van der Waals surface area contributed by atoms with Crippen LogP contribution in [0, 0.1) is 0 Å². The number of rotatable bonds is 9. The van der Waals surface area contributed by atoms with E-state index in [0.29, 0.717) is 0 Å². The number of nitrogens with two attached hydrogens (primary N) is 2. The van der Waals surface area contributed by atoms with Crippen LogP contribution in [0.2, 0.25) is 0 Å². The van der Waals surface area contributed by atoms with Gasteiger partial charge in [-0.3, -0.25) is 0 Å². The molecule has 0 aliphatic heterocycles. The molecule has 0 heterocycles. The van der Waals surface area contributed by atoms with Crippen LogP contribution in [0.25, 0.3) is 0 Å². The zero-order valence-corrected chi connectivity index (χ0v) is 10.9. The summed E-state index contributed by atoms with van der Waals surface area (Å²) in [5.41, 5.74) is 10.4. The van der Waals surface area contributed by atoms with Crippen molar-refractivity contribution in [2.24, 2.45) is 11.5 Å².